The summed E-state index contributed by atoms with van der Waals surface area (Å²) < 4.78 is 3.45. The number of nitrogens with zero attached hydrogens (tertiary/aromatic N) is 1. The molecule has 0 spiro atoms. The number of fused-ring (bicyclic) bond motifs is 1. The SMILES string of the molecule is Cc1ccc2c(=O)n(C3CCCCC3)[se]c2c1. The molecule has 1 saturated carbocycles. The van der Waals surface area contributed by atoms with Crippen LogP contribution in [0.2, 0.25) is 0 Å². The molecule has 0 bridgehead atoms. The van der Waals surface area contributed by atoms with E-state index in [9.17, 15) is 4.79 Å². The van der Waals surface area contributed by atoms with Gasteiger partial charge in [-0.3, -0.25) is 0 Å². The Bertz CT molecular complexity index is 590. The Labute approximate surface area is 107 Å². The third-order valence-electron chi connectivity index (χ3n) is 3.67. The average molecular weight is 294 g/mol. The Hall–Kier alpha value is -0.791. The second-order valence-corrected chi connectivity index (χ2v) is 7.14. The van der Waals surface area contributed by atoms with Crippen molar-refractivity contribution in [3.8, 4) is 0 Å². The van der Waals surface area contributed by atoms with E-state index in [1.54, 1.807) is 0 Å². The van der Waals surface area contributed by atoms with Crippen molar-refractivity contribution in [1.82, 2.24) is 3.56 Å². The summed E-state index contributed by atoms with van der Waals surface area (Å²) in [6.45, 7) is 2.10. The van der Waals surface area contributed by atoms with Crippen LogP contribution in [0.1, 0.15) is 43.7 Å². The van der Waals surface area contributed by atoms with Crippen molar-refractivity contribution in [2.75, 3.05) is 0 Å². The first-order valence-corrected chi connectivity index (χ1v) is 8.00. The maximum absolute atomic E-state index is 12.3. The normalized spacial score (nSPS) is 17.7. The molecule has 1 aliphatic rings. The summed E-state index contributed by atoms with van der Waals surface area (Å²) in [7, 11) is 0. The molecule has 0 unspecified atom stereocenters. The molecule has 3 heteroatoms. The fraction of sp³-hybridized carbons (Fsp3) is 0.500. The van der Waals surface area contributed by atoms with Crippen molar-refractivity contribution in [3.63, 3.8) is 0 Å². The standard InChI is InChI=1S/C14H17NOSe/c1-10-7-8-12-13(9-10)17-15(14(12)16)11-5-3-2-4-6-11/h7-9,11H,2-6H2,1H3. The van der Waals surface area contributed by atoms with E-state index >= 15 is 0 Å². The minimum atomic E-state index is 0.223. The van der Waals surface area contributed by atoms with Crippen LogP contribution in [0.25, 0.3) is 9.65 Å². The fourth-order valence-corrected chi connectivity index (χ4v) is 5.32. The van der Waals surface area contributed by atoms with Gasteiger partial charge in [-0.1, -0.05) is 0 Å². The summed E-state index contributed by atoms with van der Waals surface area (Å²) in [6, 6.07) is 6.77. The van der Waals surface area contributed by atoms with Crippen LogP contribution in [0.15, 0.2) is 23.0 Å². The van der Waals surface area contributed by atoms with Crippen LogP contribution in [0.5, 0.6) is 0 Å². The zero-order valence-electron chi connectivity index (χ0n) is 10.1. The van der Waals surface area contributed by atoms with Crippen molar-refractivity contribution in [2.45, 2.75) is 45.1 Å². The molecule has 3 rings (SSSR count). The van der Waals surface area contributed by atoms with Gasteiger partial charge in [0.1, 0.15) is 0 Å². The number of aryl methyl sites for hydroxylation is 1. The molecule has 1 aromatic carbocycles. The molecule has 90 valence electrons. The summed E-state index contributed by atoms with van der Waals surface area (Å²) in [5.74, 6) is 0. The second kappa shape index (κ2) is 4.47. The van der Waals surface area contributed by atoms with E-state index in [1.165, 1.54) is 41.9 Å². The third-order valence-corrected chi connectivity index (χ3v) is 6.18. The molecule has 2 aromatic rings. The molecule has 0 saturated heterocycles. The molecule has 0 atom stereocenters. The molecule has 1 aliphatic carbocycles. The van der Waals surface area contributed by atoms with Crippen LogP contribution < -0.4 is 5.56 Å². The first kappa shape index (κ1) is 11.3. The molecular formula is C14H17NOSe. The molecular weight excluding hydrogens is 277 g/mol. The van der Waals surface area contributed by atoms with Crippen molar-refractivity contribution < 1.29 is 0 Å². The van der Waals surface area contributed by atoms with Crippen molar-refractivity contribution in [2.24, 2.45) is 0 Å². The molecule has 1 heterocycles. The van der Waals surface area contributed by atoms with Gasteiger partial charge < -0.3 is 0 Å². The Morgan fingerprint density at radius 2 is 2.00 bits per heavy atom. The predicted molar refractivity (Wildman–Crippen MR) is 72.0 cm³/mol. The summed E-state index contributed by atoms with van der Waals surface area (Å²) in [6.07, 6.45) is 6.35. The van der Waals surface area contributed by atoms with Crippen molar-refractivity contribution >= 4 is 24.4 Å². The monoisotopic (exact) mass is 295 g/mol. The number of hydrogen-bond acceptors (Lipinski definition) is 1. The van der Waals surface area contributed by atoms with Gasteiger partial charge in [-0.15, -0.1) is 0 Å². The molecule has 1 fully saturated rings. The van der Waals surface area contributed by atoms with Crippen LogP contribution in [-0.2, 0) is 0 Å². The van der Waals surface area contributed by atoms with Gasteiger partial charge in [0.05, 0.1) is 0 Å². The van der Waals surface area contributed by atoms with E-state index in [-0.39, 0.29) is 20.3 Å². The molecule has 0 amide bonds. The Morgan fingerprint density at radius 1 is 1.24 bits per heavy atom. The first-order valence-electron chi connectivity index (χ1n) is 6.38. The predicted octanol–water partition coefficient (Wildman–Crippen LogP) is 2.87. The zero-order chi connectivity index (χ0) is 11.8. The number of aromatic nitrogens is 1. The van der Waals surface area contributed by atoms with Gasteiger partial charge >= 0.3 is 107 Å². The van der Waals surface area contributed by atoms with Crippen molar-refractivity contribution in [3.05, 3.63) is 34.1 Å². The third kappa shape index (κ3) is 2.02. The van der Waals surface area contributed by atoms with E-state index in [4.69, 9.17) is 0 Å². The van der Waals surface area contributed by atoms with Gasteiger partial charge in [0.25, 0.3) is 0 Å². The summed E-state index contributed by atoms with van der Waals surface area (Å²) >= 11 is 0.223. The summed E-state index contributed by atoms with van der Waals surface area (Å²) in [4.78, 5) is 12.3. The number of rotatable bonds is 1. The van der Waals surface area contributed by atoms with Crippen LogP contribution in [0.3, 0.4) is 0 Å². The van der Waals surface area contributed by atoms with E-state index in [2.05, 4.69) is 22.6 Å². The average Bonchev–Trinajstić information content (AvgIpc) is 2.67. The molecule has 0 radical (unpaired) electrons. The van der Waals surface area contributed by atoms with Crippen LogP contribution in [-0.4, -0.2) is 18.3 Å². The van der Waals surface area contributed by atoms with E-state index in [0.29, 0.717) is 6.04 Å². The first-order chi connectivity index (χ1) is 8.25. The maximum atomic E-state index is 12.3. The van der Waals surface area contributed by atoms with E-state index in [0.717, 1.165) is 5.39 Å². The number of hydrogen-bond donors (Lipinski definition) is 0. The Balaban J connectivity index is 2.10. The molecule has 17 heavy (non-hydrogen) atoms. The molecule has 0 aliphatic heterocycles. The van der Waals surface area contributed by atoms with Gasteiger partial charge in [0, 0.05) is 0 Å². The topological polar surface area (TPSA) is 22.0 Å². The van der Waals surface area contributed by atoms with Gasteiger partial charge in [-0.05, 0) is 0 Å². The Morgan fingerprint density at radius 3 is 2.76 bits per heavy atom. The van der Waals surface area contributed by atoms with E-state index < -0.39 is 0 Å². The van der Waals surface area contributed by atoms with Crippen LogP contribution in [0.4, 0.5) is 0 Å². The fourth-order valence-electron chi connectivity index (χ4n) is 2.70. The van der Waals surface area contributed by atoms with Crippen molar-refractivity contribution in [1.29, 1.82) is 0 Å². The summed E-state index contributed by atoms with van der Waals surface area (Å²) in [5.41, 5.74) is 1.55. The van der Waals surface area contributed by atoms with Gasteiger partial charge in [-0.25, -0.2) is 0 Å². The van der Waals surface area contributed by atoms with Crippen LogP contribution in [0, 0.1) is 6.92 Å². The molecule has 2 nitrogen and oxygen atoms in total. The second-order valence-electron chi connectivity index (χ2n) is 5.01. The van der Waals surface area contributed by atoms with E-state index in [1.807, 2.05) is 6.07 Å². The zero-order valence-corrected chi connectivity index (χ0v) is 11.8. The van der Waals surface area contributed by atoms with Crippen LogP contribution >= 0.6 is 0 Å². The molecule has 0 N–H and O–H groups in total. The quantitative estimate of drug-likeness (QED) is 0.741. The summed E-state index contributed by atoms with van der Waals surface area (Å²) in [5, 5.41) is 0.959. The van der Waals surface area contributed by atoms with Gasteiger partial charge in [0.2, 0.25) is 0 Å². The van der Waals surface area contributed by atoms with Gasteiger partial charge in [-0.2, -0.15) is 0 Å². The minimum absolute atomic E-state index is 0.223. The number of benzene rings is 1. The van der Waals surface area contributed by atoms with Gasteiger partial charge in [0.15, 0.2) is 0 Å². The Kier molecular flexibility index (Phi) is 2.97. The molecule has 1 aromatic heterocycles.